The second-order valence-electron chi connectivity index (χ2n) is 6.58. The van der Waals surface area contributed by atoms with Gasteiger partial charge in [-0.05, 0) is 44.3 Å². The summed E-state index contributed by atoms with van der Waals surface area (Å²) in [6, 6.07) is 0.717. The lowest BCUT2D eigenvalue weighted by Crippen LogP contribution is -2.54. The molecular weight excluding hydrogens is 234 g/mol. The van der Waals surface area contributed by atoms with Crippen LogP contribution in [0.3, 0.4) is 0 Å². The van der Waals surface area contributed by atoms with Crippen LogP contribution >= 0.6 is 0 Å². The van der Waals surface area contributed by atoms with E-state index in [0.29, 0.717) is 0 Å². The molecule has 2 rings (SSSR count). The molecule has 3 heteroatoms. The summed E-state index contributed by atoms with van der Waals surface area (Å²) in [5.41, 5.74) is 0. The van der Waals surface area contributed by atoms with Gasteiger partial charge in [0, 0.05) is 32.2 Å². The van der Waals surface area contributed by atoms with Gasteiger partial charge in [0.2, 0.25) is 0 Å². The highest BCUT2D eigenvalue weighted by atomic mass is 15.2. The van der Waals surface area contributed by atoms with Crippen LogP contribution < -0.4 is 5.32 Å². The van der Waals surface area contributed by atoms with E-state index in [9.17, 15) is 0 Å². The Hall–Kier alpha value is -0.120. The first-order chi connectivity index (χ1) is 9.22. The summed E-state index contributed by atoms with van der Waals surface area (Å²) in [6.07, 6.45) is 4.11. The van der Waals surface area contributed by atoms with E-state index in [1.165, 1.54) is 65.1 Å². The minimum absolute atomic E-state index is 0.717. The molecule has 0 saturated carbocycles. The van der Waals surface area contributed by atoms with E-state index in [-0.39, 0.29) is 0 Å². The normalized spacial score (nSPS) is 29.5. The van der Waals surface area contributed by atoms with Crippen molar-refractivity contribution in [3.63, 3.8) is 0 Å². The Balaban J connectivity index is 1.73. The number of piperazine rings is 1. The van der Waals surface area contributed by atoms with Gasteiger partial charge < -0.3 is 15.1 Å². The molecule has 0 radical (unpaired) electrons. The van der Waals surface area contributed by atoms with Crippen molar-refractivity contribution in [2.45, 2.75) is 46.1 Å². The monoisotopic (exact) mass is 267 g/mol. The minimum atomic E-state index is 0.717. The van der Waals surface area contributed by atoms with Gasteiger partial charge in [-0.1, -0.05) is 27.2 Å². The number of nitrogens with one attached hydrogen (secondary N) is 1. The number of nitrogens with zero attached hydrogens (tertiary/aromatic N) is 2. The summed E-state index contributed by atoms with van der Waals surface area (Å²) in [5, 5.41) is 3.70. The van der Waals surface area contributed by atoms with E-state index in [1.54, 1.807) is 0 Å². The Morgan fingerprint density at radius 2 is 1.84 bits per heavy atom. The molecule has 19 heavy (non-hydrogen) atoms. The first kappa shape index (κ1) is 15.3. The number of hydrogen-bond acceptors (Lipinski definition) is 3. The molecule has 0 aromatic carbocycles. The average Bonchev–Trinajstić information content (AvgIpc) is 2.47. The fourth-order valence-corrected chi connectivity index (χ4v) is 3.52. The van der Waals surface area contributed by atoms with Crippen molar-refractivity contribution < 1.29 is 0 Å². The molecule has 0 bridgehead atoms. The molecule has 0 aromatic heterocycles. The lowest BCUT2D eigenvalue weighted by atomic mass is 9.93. The predicted octanol–water partition coefficient (Wildman–Crippen LogP) is 2.04. The molecule has 2 saturated heterocycles. The number of likely N-dealkylation sites (tertiary alicyclic amines) is 1. The zero-order chi connectivity index (χ0) is 13.7. The molecule has 2 aliphatic heterocycles. The molecule has 2 fully saturated rings. The molecule has 112 valence electrons. The Kier molecular flexibility index (Phi) is 6.11. The zero-order valence-electron chi connectivity index (χ0n) is 13.2. The number of piperidine rings is 1. The van der Waals surface area contributed by atoms with E-state index < -0.39 is 0 Å². The van der Waals surface area contributed by atoms with Gasteiger partial charge in [0.15, 0.2) is 0 Å². The smallest absolute Gasteiger partial charge is 0.0221 e. The maximum absolute atomic E-state index is 3.70. The number of hydrogen-bond donors (Lipinski definition) is 1. The van der Waals surface area contributed by atoms with Crippen LogP contribution in [0.2, 0.25) is 0 Å². The van der Waals surface area contributed by atoms with E-state index in [4.69, 9.17) is 0 Å². The minimum Gasteiger partial charge on any atom is -0.311 e. The fraction of sp³-hybridized carbons (Fsp3) is 1.00. The van der Waals surface area contributed by atoms with Gasteiger partial charge in [-0.3, -0.25) is 0 Å². The third-order valence-corrected chi connectivity index (χ3v) is 5.29. The van der Waals surface area contributed by atoms with Gasteiger partial charge in [0.25, 0.3) is 0 Å². The van der Waals surface area contributed by atoms with Crippen LogP contribution in [0.4, 0.5) is 0 Å². The fourth-order valence-electron chi connectivity index (χ4n) is 3.52. The third kappa shape index (κ3) is 4.44. The Morgan fingerprint density at radius 3 is 2.47 bits per heavy atom. The zero-order valence-corrected chi connectivity index (χ0v) is 13.2. The second-order valence-corrected chi connectivity index (χ2v) is 6.58. The summed E-state index contributed by atoms with van der Waals surface area (Å²) < 4.78 is 0. The van der Waals surface area contributed by atoms with Crippen LogP contribution in [0.1, 0.15) is 40.0 Å². The van der Waals surface area contributed by atoms with Gasteiger partial charge in [-0.25, -0.2) is 0 Å². The average molecular weight is 267 g/mol. The summed E-state index contributed by atoms with van der Waals surface area (Å²) >= 11 is 0. The van der Waals surface area contributed by atoms with E-state index >= 15 is 0 Å². The SMILES string of the molecule is CCC(C)C1CN(CC2CCN(CC)CC2)CCN1. The molecule has 0 amide bonds. The molecule has 1 N–H and O–H groups in total. The first-order valence-electron chi connectivity index (χ1n) is 8.41. The van der Waals surface area contributed by atoms with Crippen molar-refractivity contribution in [2.75, 3.05) is 45.8 Å². The van der Waals surface area contributed by atoms with Gasteiger partial charge in [0.1, 0.15) is 0 Å². The highest BCUT2D eigenvalue weighted by Crippen LogP contribution is 2.20. The lowest BCUT2D eigenvalue weighted by Gasteiger charge is -2.40. The Labute approximate surface area is 119 Å². The van der Waals surface area contributed by atoms with Gasteiger partial charge in [-0.2, -0.15) is 0 Å². The number of rotatable bonds is 5. The van der Waals surface area contributed by atoms with Crippen molar-refractivity contribution >= 4 is 0 Å². The molecule has 2 heterocycles. The second kappa shape index (κ2) is 7.61. The van der Waals surface area contributed by atoms with E-state index in [0.717, 1.165) is 17.9 Å². The van der Waals surface area contributed by atoms with E-state index in [2.05, 4.69) is 35.9 Å². The lowest BCUT2D eigenvalue weighted by molar-refractivity contribution is 0.114. The third-order valence-electron chi connectivity index (χ3n) is 5.29. The Bertz CT molecular complexity index is 248. The van der Waals surface area contributed by atoms with Crippen LogP contribution in [-0.2, 0) is 0 Å². The van der Waals surface area contributed by atoms with Gasteiger partial charge in [0.05, 0.1) is 0 Å². The molecule has 0 aliphatic carbocycles. The molecule has 3 nitrogen and oxygen atoms in total. The summed E-state index contributed by atoms with van der Waals surface area (Å²) in [6.45, 7) is 15.9. The molecule has 2 atom stereocenters. The summed E-state index contributed by atoms with van der Waals surface area (Å²) in [4.78, 5) is 5.32. The highest BCUT2D eigenvalue weighted by molar-refractivity contribution is 4.84. The summed E-state index contributed by atoms with van der Waals surface area (Å²) in [7, 11) is 0. The standard InChI is InChI=1S/C16H33N3/c1-4-14(3)16-13-19(11-8-17-16)12-15-6-9-18(5-2)10-7-15/h14-17H,4-13H2,1-3H3. The molecule has 0 aromatic rings. The van der Waals surface area contributed by atoms with Crippen molar-refractivity contribution in [1.29, 1.82) is 0 Å². The molecule has 2 unspecified atom stereocenters. The van der Waals surface area contributed by atoms with E-state index in [1.807, 2.05) is 0 Å². The van der Waals surface area contributed by atoms with Crippen molar-refractivity contribution in [3.8, 4) is 0 Å². The van der Waals surface area contributed by atoms with Crippen molar-refractivity contribution in [2.24, 2.45) is 11.8 Å². The molecule has 2 aliphatic rings. The maximum atomic E-state index is 3.70. The first-order valence-corrected chi connectivity index (χ1v) is 8.41. The highest BCUT2D eigenvalue weighted by Gasteiger charge is 2.26. The van der Waals surface area contributed by atoms with Crippen molar-refractivity contribution in [1.82, 2.24) is 15.1 Å². The van der Waals surface area contributed by atoms with Crippen LogP contribution in [0.15, 0.2) is 0 Å². The molecular formula is C16H33N3. The van der Waals surface area contributed by atoms with Crippen LogP contribution in [0.5, 0.6) is 0 Å². The predicted molar refractivity (Wildman–Crippen MR) is 82.5 cm³/mol. The Morgan fingerprint density at radius 1 is 1.11 bits per heavy atom. The largest absolute Gasteiger partial charge is 0.311 e. The maximum Gasteiger partial charge on any atom is 0.0221 e. The van der Waals surface area contributed by atoms with Crippen molar-refractivity contribution in [3.05, 3.63) is 0 Å². The van der Waals surface area contributed by atoms with Gasteiger partial charge >= 0.3 is 0 Å². The van der Waals surface area contributed by atoms with Crippen LogP contribution in [0, 0.1) is 11.8 Å². The topological polar surface area (TPSA) is 18.5 Å². The quantitative estimate of drug-likeness (QED) is 0.822. The van der Waals surface area contributed by atoms with Crippen LogP contribution in [-0.4, -0.2) is 61.7 Å². The van der Waals surface area contributed by atoms with Crippen LogP contribution in [0.25, 0.3) is 0 Å². The molecule has 0 spiro atoms. The summed E-state index contributed by atoms with van der Waals surface area (Å²) in [5.74, 6) is 1.75. The van der Waals surface area contributed by atoms with Gasteiger partial charge in [-0.15, -0.1) is 0 Å².